The fourth-order valence-corrected chi connectivity index (χ4v) is 6.97. The maximum absolute atomic E-state index is 10.4. The standard InChI is InChI=1S/C60H117N3O25/c1-60(2,3)9-6-4-5-7-10-63-56-58(61-62-63)57-88-55-54-87-53-52-86-51-50-85-49-48-84-47-46-83-45-44-82-43-42-81-41-40-80-39-38-79-37-36-78-35-34-77-33-32-76-31-30-75-29-28-74-27-26-73-25-24-72-23-22-71-21-20-70-19-18-69-17-16-68-15-14-67-13-12-66-11-8-59(64)65/h56H,4-55,57H2,1-3H3,(H,64,65). The number of aryl methyl sites for hydroxylation is 1. The van der Waals surface area contributed by atoms with Gasteiger partial charge in [0.2, 0.25) is 0 Å². The summed E-state index contributed by atoms with van der Waals surface area (Å²) in [6.07, 6.45) is 8.11. The van der Waals surface area contributed by atoms with Crippen molar-refractivity contribution in [2.24, 2.45) is 5.41 Å². The molecule has 0 unspecified atom stereocenters. The Morgan fingerprint density at radius 1 is 0.318 bits per heavy atom. The number of hydrogen-bond donors (Lipinski definition) is 1. The molecule has 1 N–H and O–H groups in total. The Bertz CT molecular complexity index is 1510. The molecule has 28 heteroatoms. The van der Waals surface area contributed by atoms with Crippen LogP contribution >= 0.6 is 0 Å². The van der Waals surface area contributed by atoms with Crippen LogP contribution in [0.4, 0.5) is 0 Å². The topological polar surface area (TPSA) is 280 Å². The van der Waals surface area contributed by atoms with E-state index in [1.165, 1.54) is 25.7 Å². The zero-order valence-electron chi connectivity index (χ0n) is 54.1. The van der Waals surface area contributed by atoms with E-state index in [9.17, 15) is 4.79 Å². The highest BCUT2D eigenvalue weighted by Crippen LogP contribution is 2.22. The largest absolute Gasteiger partial charge is 0.481 e. The Morgan fingerprint density at radius 2 is 0.523 bits per heavy atom. The van der Waals surface area contributed by atoms with Gasteiger partial charge in [0.1, 0.15) is 5.69 Å². The third-order valence-electron chi connectivity index (χ3n) is 11.5. The summed E-state index contributed by atoms with van der Waals surface area (Å²) < 4.78 is 128. The molecule has 28 nitrogen and oxygen atoms in total. The van der Waals surface area contributed by atoms with Crippen molar-refractivity contribution in [1.82, 2.24) is 15.0 Å². The molecule has 0 aliphatic heterocycles. The Hall–Kier alpha value is -2.31. The predicted molar refractivity (Wildman–Crippen MR) is 322 cm³/mol. The summed E-state index contributed by atoms with van der Waals surface area (Å²) in [6, 6.07) is 0. The monoisotopic (exact) mass is 1280 g/mol. The predicted octanol–water partition coefficient (Wildman–Crippen LogP) is 3.63. The Balaban J connectivity index is 1.61. The number of hydrogen-bond acceptors (Lipinski definition) is 26. The van der Waals surface area contributed by atoms with Gasteiger partial charge in [-0.25, -0.2) is 0 Å². The van der Waals surface area contributed by atoms with E-state index in [2.05, 4.69) is 31.1 Å². The van der Waals surface area contributed by atoms with Gasteiger partial charge in [-0.3, -0.25) is 9.48 Å². The third-order valence-corrected chi connectivity index (χ3v) is 11.5. The molecular formula is C60H117N3O25. The minimum atomic E-state index is -0.880. The van der Waals surface area contributed by atoms with Gasteiger partial charge in [0.25, 0.3) is 0 Å². The van der Waals surface area contributed by atoms with Crippen LogP contribution in [0.1, 0.15) is 65.0 Å². The molecule has 0 saturated carbocycles. The minimum Gasteiger partial charge on any atom is -0.481 e. The number of carboxylic acids is 1. The summed E-state index contributed by atoms with van der Waals surface area (Å²) in [5.74, 6) is -0.880. The zero-order chi connectivity index (χ0) is 63.1. The highest BCUT2D eigenvalue weighted by atomic mass is 16.6. The fourth-order valence-electron chi connectivity index (χ4n) is 6.97. The van der Waals surface area contributed by atoms with Gasteiger partial charge in [0.05, 0.1) is 317 Å². The van der Waals surface area contributed by atoms with Crippen LogP contribution in [0.5, 0.6) is 0 Å². The first kappa shape index (κ1) is 83.7. The first-order chi connectivity index (χ1) is 43.4. The molecule has 0 fully saturated rings. The Morgan fingerprint density at radius 3 is 0.739 bits per heavy atom. The van der Waals surface area contributed by atoms with E-state index in [-0.39, 0.29) is 13.0 Å². The lowest BCUT2D eigenvalue weighted by molar-refractivity contribution is -0.138. The maximum Gasteiger partial charge on any atom is 0.305 e. The van der Waals surface area contributed by atoms with Gasteiger partial charge >= 0.3 is 5.97 Å². The molecule has 0 amide bonds. The molecule has 0 saturated heterocycles. The number of nitrogens with zero attached hydrogens (tertiary/aromatic N) is 3. The van der Waals surface area contributed by atoms with Crippen molar-refractivity contribution in [3.8, 4) is 0 Å². The van der Waals surface area contributed by atoms with E-state index in [1.54, 1.807) is 0 Å². The highest BCUT2D eigenvalue weighted by molar-refractivity contribution is 5.66. The van der Waals surface area contributed by atoms with E-state index >= 15 is 0 Å². The molecule has 1 aromatic heterocycles. The van der Waals surface area contributed by atoms with Crippen molar-refractivity contribution in [3.05, 3.63) is 11.9 Å². The second-order valence-electron chi connectivity index (χ2n) is 20.4. The van der Waals surface area contributed by atoms with Crippen LogP contribution in [0, 0.1) is 5.41 Å². The van der Waals surface area contributed by atoms with E-state index in [4.69, 9.17) is 114 Å². The third kappa shape index (κ3) is 71.1. The number of aliphatic carboxylic acids is 1. The zero-order valence-corrected chi connectivity index (χ0v) is 54.1. The molecule has 0 aliphatic carbocycles. The summed E-state index contributed by atoms with van der Waals surface area (Å²) in [5.41, 5.74) is 1.26. The Labute approximate surface area is 525 Å². The maximum atomic E-state index is 10.4. The normalized spacial score (nSPS) is 11.9. The summed E-state index contributed by atoms with van der Waals surface area (Å²) >= 11 is 0. The van der Waals surface area contributed by atoms with Crippen molar-refractivity contribution in [1.29, 1.82) is 0 Å². The minimum absolute atomic E-state index is 0.00985. The van der Waals surface area contributed by atoms with Crippen LogP contribution in [0.2, 0.25) is 0 Å². The second-order valence-corrected chi connectivity index (χ2v) is 20.4. The molecule has 1 aromatic rings. The van der Waals surface area contributed by atoms with Gasteiger partial charge in [0.15, 0.2) is 0 Å². The molecule has 0 spiro atoms. The van der Waals surface area contributed by atoms with Gasteiger partial charge < -0.3 is 114 Å². The van der Waals surface area contributed by atoms with Crippen molar-refractivity contribution >= 4 is 5.97 Å². The van der Waals surface area contributed by atoms with Gasteiger partial charge in [-0.15, -0.1) is 5.10 Å². The molecule has 522 valence electrons. The van der Waals surface area contributed by atoms with E-state index in [0.717, 1.165) is 18.7 Å². The van der Waals surface area contributed by atoms with Crippen molar-refractivity contribution in [3.63, 3.8) is 0 Å². The number of aromatic nitrogens is 3. The van der Waals surface area contributed by atoms with E-state index in [0.29, 0.717) is 303 Å². The number of rotatable bonds is 77. The number of carbonyl (C=O) groups is 1. The average Bonchev–Trinajstić information content (AvgIpc) is 4.06. The quantitative estimate of drug-likeness (QED) is 0.0912. The lowest BCUT2D eigenvalue weighted by Crippen LogP contribution is -2.16. The molecule has 1 heterocycles. The average molecular weight is 1280 g/mol. The van der Waals surface area contributed by atoms with Crippen LogP contribution in [-0.2, 0) is 127 Å². The second kappa shape index (κ2) is 70.6. The van der Waals surface area contributed by atoms with E-state index < -0.39 is 5.97 Å². The first-order valence-electron chi connectivity index (χ1n) is 31.8. The highest BCUT2D eigenvalue weighted by Gasteiger charge is 2.09. The summed E-state index contributed by atoms with van der Waals surface area (Å²) in [5, 5.41) is 16.9. The van der Waals surface area contributed by atoms with Crippen molar-refractivity contribution in [2.75, 3.05) is 297 Å². The Kier molecular flexibility index (Phi) is 67.1. The van der Waals surface area contributed by atoms with Crippen LogP contribution in [0.15, 0.2) is 6.20 Å². The first-order valence-corrected chi connectivity index (χ1v) is 31.8. The smallest absolute Gasteiger partial charge is 0.305 e. The summed E-state index contributed by atoms with van der Waals surface area (Å²) in [4.78, 5) is 10.4. The summed E-state index contributed by atoms with van der Waals surface area (Å²) in [7, 11) is 0. The molecular weight excluding hydrogens is 1160 g/mol. The summed E-state index contributed by atoms with van der Waals surface area (Å²) in [6.45, 7) is 29.4. The van der Waals surface area contributed by atoms with E-state index in [1.807, 2.05) is 10.9 Å². The van der Waals surface area contributed by atoms with Crippen LogP contribution < -0.4 is 0 Å². The van der Waals surface area contributed by atoms with Crippen molar-refractivity contribution < 1.29 is 119 Å². The molecule has 1 rings (SSSR count). The molecule has 0 bridgehead atoms. The fraction of sp³-hybridized carbons (Fsp3) is 0.950. The van der Waals surface area contributed by atoms with Gasteiger partial charge in [-0.05, 0) is 18.3 Å². The molecule has 88 heavy (non-hydrogen) atoms. The number of unbranched alkanes of at least 4 members (excludes halogenated alkanes) is 3. The molecule has 0 aromatic carbocycles. The number of carboxylic acid groups (broad SMARTS) is 1. The van der Waals surface area contributed by atoms with Gasteiger partial charge in [-0.2, -0.15) is 0 Å². The van der Waals surface area contributed by atoms with Crippen molar-refractivity contribution in [2.45, 2.75) is 72.4 Å². The molecule has 0 radical (unpaired) electrons. The van der Waals surface area contributed by atoms with Gasteiger partial charge in [-0.1, -0.05) is 45.2 Å². The molecule has 0 aliphatic rings. The van der Waals surface area contributed by atoms with Crippen LogP contribution in [0.25, 0.3) is 0 Å². The lowest BCUT2D eigenvalue weighted by Gasteiger charge is -2.17. The number of ether oxygens (including phenoxy) is 23. The van der Waals surface area contributed by atoms with Gasteiger partial charge in [0, 0.05) is 6.54 Å². The van der Waals surface area contributed by atoms with Crippen LogP contribution in [-0.4, -0.2) is 323 Å². The molecule has 0 atom stereocenters. The SMILES string of the molecule is CC(C)(C)CCCCCCn1cc(COCCOCCOCCOCCOCCOCCOCCOCCOCCOCCOCCOCCOCCOCCOCCOCCOCCOCCOCCOCCOCCOCCOCCC(=O)O)nn1. The van der Waals surface area contributed by atoms with Crippen LogP contribution in [0.3, 0.4) is 0 Å². The lowest BCUT2D eigenvalue weighted by atomic mass is 9.89.